The molecule has 6 heteroatoms. The SMILES string of the molecule is Cc1cc(Cn2cc(C(=O)O)cn2)on1. The van der Waals surface area contributed by atoms with Crippen molar-refractivity contribution in [3.8, 4) is 0 Å². The monoisotopic (exact) mass is 207 g/mol. The van der Waals surface area contributed by atoms with Crippen LogP contribution in [0.4, 0.5) is 0 Å². The van der Waals surface area contributed by atoms with E-state index in [4.69, 9.17) is 9.63 Å². The first-order valence-corrected chi connectivity index (χ1v) is 4.33. The summed E-state index contributed by atoms with van der Waals surface area (Å²) in [6, 6.07) is 1.78. The molecule has 2 aromatic rings. The lowest BCUT2D eigenvalue weighted by Gasteiger charge is -1.94. The minimum atomic E-state index is -0.991. The summed E-state index contributed by atoms with van der Waals surface area (Å²) in [5.41, 5.74) is 0.946. The van der Waals surface area contributed by atoms with Gasteiger partial charge in [-0.1, -0.05) is 5.16 Å². The second-order valence-corrected chi connectivity index (χ2v) is 3.17. The van der Waals surface area contributed by atoms with Crippen LogP contribution in [0.3, 0.4) is 0 Å². The molecule has 0 saturated carbocycles. The van der Waals surface area contributed by atoms with Crippen molar-refractivity contribution in [3.63, 3.8) is 0 Å². The third-order valence-corrected chi connectivity index (χ3v) is 1.87. The highest BCUT2D eigenvalue weighted by molar-refractivity contribution is 5.86. The third-order valence-electron chi connectivity index (χ3n) is 1.87. The fraction of sp³-hybridized carbons (Fsp3) is 0.222. The molecule has 1 N–H and O–H groups in total. The van der Waals surface area contributed by atoms with Crippen LogP contribution in [0, 0.1) is 6.92 Å². The van der Waals surface area contributed by atoms with Gasteiger partial charge in [0.1, 0.15) is 6.54 Å². The Morgan fingerprint density at radius 3 is 3.00 bits per heavy atom. The lowest BCUT2D eigenvalue weighted by atomic mass is 10.3. The first-order chi connectivity index (χ1) is 7.15. The molecule has 0 radical (unpaired) electrons. The van der Waals surface area contributed by atoms with E-state index in [-0.39, 0.29) is 5.56 Å². The highest BCUT2D eigenvalue weighted by atomic mass is 16.5. The zero-order valence-corrected chi connectivity index (χ0v) is 8.04. The van der Waals surface area contributed by atoms with Crippen LogP contribution < -0.4 is 0 Å². The number of nitrogens with zero attached hydrogens (tertiary/aromatic N) is 3. The Morgan fingerprint density at radius 1 is 1.67 bits per heavy atom. The Balaban J connectivity index is 2.14. The predicted molar refractivity (Wildman–Crippen MR) is 49.5 cm³/mol. The van der Waals surface area contributed by atoms with E-state index < -0.39 is 5.97 Å². The number of hydrogen-bond acceptors (Lipinski definition) is 4. The smallest absolute Gasteiger partial charge is 0.338 e. The first kappa shape index (κ1) is 9.45. The molecule has 0 unspecified atom stereocenters. The summed E-state index contributed by atoms with van der Waals surface area (Å²) < 4.78 is 6.47. The van der Waals surface area contributed by atoms with Crippen LogP contribution in [-0.4, -0.2) is 26.0 Å². The van der Waals surface area contributed by atoms with Gasteiger partial charge in [-0.25, -0.2) is 4.79 Å². The number of aryl methyl sites for hydroxylation is 1. The molecule has 0 aliphatic carbocycles. The van der Waals surface area contributed by atoms with Crippen molar-refractivity contribution in [2.45, 2.75) is 13.5 Å². The Hall–Kier alpha value is -2.11. The molecular formula is C9H9N3O3. The van der Waals surface area contributed by atoms with Gasteiger partial charge in [0.15, 0.2) is 5.76 Å². The molecular weight excluding hydrogens is 198 g/mol. The molecule has 2 aromatic heterocycles. The van der Waals surface area contributed by atoms with Crippen molar-refractivity contribution in [1.82, 2.24) is 14.9 Å². The molecule has 0 atom stereocenters. The fourth-order valence-electron chi connectivity index (χ4n) is 1.21. The summed E-state index contributed by atoms with van der Waals surface area (Å²) in [6.45, 7) is 2.20. The maximum absolute atomic E-state index is 10.6. The number of carboxylic acids is 1. The predicted octanol–water partition coefficient (Wildman–Crippen LogP) is 0.926. The van der Waals surface area contributed by atoms with Crippen molar-refractivity contribution in [3.05, 3.63) is 35.5 Å². The van der Waals surface area contributed by atoms with Gasteiger partial charge >= 0.3 is 5.97 Å². The molecule has 15 heavy (non-hydrogen) atoms. The number of rotatable bonds is 3. The average Bonchev–Trinajstić information content (AvgIpc) is 2.76. The van der Waals surface area contributed by atoms with Crippen LogP contribution in [-0.2, 0) is 6.54 Å². The summed E-state index contributed by atoms with van der Waals surface area (Å²) in [4.78, 5) is 10.6. The summed E-state index contributed by atoms with van der Waals surface area (Å²) in [5, 5.41) is 16.3. The van der Waals surface area contributed by atoms with Crippen LogP contribution in [0.25, 0.3) is 0 Å². The van der Waals surface area contributed by atoms with Crippen molar-refractivity contribution >= 4 is 5.97 Å². The third kappa shape index (κ3) is 2.04. The molecule has 0 fully saturated rings. The van der Waals surface area contributed by atoms with E-state index in [1.165, 1.54) is 17.1 Å². The molecule has 0 bridgehead atoms. The van der Waals surface area contributed by atoms with E-state index in [1.807, 2.05) is 6.92 Å². The van der Waals surface area contributed by atoms with Gasteiger partial charge in [-0.15, -0.1) is 0 Å². The van der Waals surface area contributed by atoms with Gasteiger partial charge in [0.2, 0.25) is 0 Å². The molecule has 78 valence electrons. The van der Waals surface area contributed by atoms with E-state index in [2.05, 4.69) is 10.3 Å². The summed E-state index contributed by atoms with van der Waals surface area (Å²) in [5.74, 6) is -0.345. The van der Waals surface area contributed by atoms with Gasteiger partial charge < -0.3 is 9.63 Å². The van der Waals surface area contributed by atoms with E-state index >= 15 is 0 Å². The van der Waals surface area contributed by atoms with Crippen molar-refractivity contribution < 1.29 is 14.4 Å². The maximum atomic E-state index is 10.6. The van der Waals surface area contributed by atoms with Crippen LogP contribution in [0.5, 0.6) is 0 Å². The quantitative estimate of drug-likeness (QED) is 0.809. The molecule has 0 aromatic carbocycles. The minimum absolute atomic E-state index is 0.159. The van der Waals surface area contributed by atoms with Crippen LogP contribution in [0.1, 0.15) is 21.8 Å². The fourth-order valence-corrected chi connectivity index (χ4v) is 1.21. The van der Waals surface area contributed by atoms with Gasteiger partial charge in [0.25, 0.3) is 0 Å². The van der Waals surface area contributed by atoms with Gasteiger partial charge in [0, 0.05) is 12.3 Å². The molecule has 0 aliphatic rings. The minimum Gasteiger partial charge on any atom is -0.478 e. The summed E-state index contributed by atoms with van der Waals surface area (Å²) in [7, 11) is 0. The van der Waals surface area contributed by atoms with Crippen molar-refractivity contribution in [2.75, 3.05) is 0 Å². The van der Waals surface area contributed by atoms with E-state index in [9.17, 15) is 4.79 Å². The highest BCUT2D eigenvalue weighted by Gasteiger charge is 2.07. The molecule has 6 nitrogen and oxygen atoms in total. The Kier molecular flexibility index (Phi) is 2.24. The van der Waals surface area contributed by atoms with E-state index in [0.29, 0.717) is 12.3 Å². The Bertz CT molecular complexity index is 486. The molecule has 2 rings (SSSR count). The zero-order chi connectivity index (χ0) is 10.8. The number of carboxylic acid groups (broad SMARTS) is 1. The number of aromatic nitrogens is 3. The lowest BCUT2D eigenvalue weighted by molar-refractivity contribution is 0.0696. The Morgan fingerprint density at radius 2 is 2.47 bits per heavy atom. The number of carbonyl (C=O) groups is 1. The lowest BCUT2D eigenvalue weighted by Crippen LogP contribution is -1.99. The summed E-state index contributed by atoms with van der Waals surface area (Å²) in [6.07, 6.45) is 2.74. The van der Waals surface area contributed by atoms with Crippen LogP contribution in [0.15, 0.2) is 23.0 Å². The molecule has 0 aliphatic heterocycles. The zero-order valence-electron chi connectivity index (χ0n) is 8.04. The molecule has 0 saturated heterocycles. The number of hydrogen-bond donors (Lipinski definition) is 1. The number of aromatic carboxylic acids is 1. The van der Waals surface area contributed by atoms with Crippen molar-refractivity contribution in [2.24, 2.45) is 0 Å². The summed E-state index contributed by atoms with van der Waals surface area (Å²) >= 11 is 0. The molecule has 2 heterocycles. The van der Waals surface area contributed by atoms with Crippen molar-refractivity contribution in [1.29, 1.82) is 0 Å². The largest absolute Gasteiger partial charge is 0.478 e. The topological polar surface area (TPSA) is 81.2 Å². The van der Waals surface area contributed by atoms with E-state index in [1.54, 1.807) is 6.07 Å². The van der Waals surface area contributed by atoms with E-state index in [0.717, 1.165) is 5.69 Å². The highest BCUT2D eigenvalue weighted by Crippen LogP contribution is 2.05. The van der Waals surface area contributed by atoms with Gasteiger partial charge in [0.05, 0.1) is 17.5 Å². The normalized spacial score (nSPS) is 10.5. The average molecular weight is 207 g/mol. The van der Waals surface area contributed by atoms with Crippen LogP contribution in [0.2, 0.25) is 0 Å². The molecule has 0 spiro atoms. The first-order valence-electron chi connectivity index (χ1n) is 4.33. The van der Waals surface area contributed by atoms with Gasteiger partial charge in [-0.3, -0.25) is 4.68 Å². The second-order valence-electron chi connectivity index (χ2n) is 3.17. The second kappa shape index (κ2) is 3.56. The van der Waals surface area contributed by atoms with Gasteiger partial charge in [-0.05, 0) is 6.92 Å². The van der Waals surface area contributed by atoms with Gasteiger partial charge in [-0.2, -0.15) is 5.10 Å². The Labute approximate surface area is 85.1 Å². The molecule has 0 amide bonds. The van der Waals surface area contributed by atoms with Crippen LogP contribution >= 0.6 is 0 Å². The maximum Gasteiger partial charge on any atom is 0.338 e. The standard InChI is InChI=1S/C9H9N3O3/c1-6-2-8(15-11-6)5-12-4-7(3-10-12)9(13)14/h2-4H,5H2,1H3,(H,13,14).